The maximum atomic E-state index is 4.44. The normalized spacial score (nSPS) is 12.8. The summed E-state index contributed by atoms with van der Waals surface area (Å²) in [6, 6.07) is 3.77. The van der Waals surface area contributed by atoms with E-state index in [2.05, 4.69) is 30.9 Å². The van der Waals surface area contributed by atoms with E-state index in [-0.39, 0.29) is 6.04 Å². The molecule has 7 nitrogen and oxygen atoms in total. The molecule has 0 spiro atoms. The van der Waals surface area contributed by atoms with Gasteiger partial charge in [0.05, 0.1) is 6.04 Å². The number of nitrogens with one attached hydrogen (secondary N) is 1. The van der Waals surface area contributed by atoms with Crippen LogP contribution < -0.4 is 5.32 Å². The van der Waals surface area contributed by atoms with Gasteiger partial charge in [-0.3, -0.25) is 0 Å². The summed E-state index contributed by atoms with van der Waals surface area (Å²) < 4.78 is 1.39. The first-order valence-corrected chi connectivity index (χ1v) is 6.34. The smallest absolute Gasteiger partial charge is 0.200 e. The van der Waals surface area contributed by atoms with Crippen LogP contribution in [0.5, 0.6) is 0 Å². The van der Waals surface area contributed by atoms with Crippen molar-refractivity contribution < 1.29 is 0 Å². The monoisotopic (exact) mass is 261 g/mol. The predicted octanol–water partition coefficient (Wildman–Crippen LogP) is 1.46. The summed E-state index contributed by atoms with van der Waals surface area (Å²) >= 11 is 1.63. The highest BCUT2D eigenvalue weighted by Gasteiger charge is 2.10. The van der Waals surface area contributed by atoms with Crippen molar-refractivity contribution in [2.45, 2.75) is 19.9 Å². The number of fused-ring (bicyclic) bond motifs is 1. The molecule has 8 heteroatoms. The van der Waals surface area contributed by atoms with Crippen LogP contribution in [0.4, 0.5) is 5.82 Å². The van der Waals surface area contributed by atoms with Crippen molar-refractivity contribution >= 4 is 22.8 Å². The van der Waals surface area contributed by atoms with Gasteiger partial charge < -0.3 is 5.32 Å². The van der Waals surface area contributed by atoms with Crippen LogP contribution in [-0.2, 0) is 0 Å². The molecule has 3 heterocycles. The topological polar surface area (TPSA) is 80.9 Å². The number of rotatable bonds is 3. The van der Waals surface area contributed by atoms with E-state index in [1.165, 1.54) is 4.63 Å². The fourth-order valence-electron chi connectivity index (χ4n) is 1.58. The van der Waals surface area contributed by atoms with Crippen molar-refractivity contribution in [1.29, 1.82) is 0 Å². The Hall–Kier alpha value is -2.09. The standard InChI is InChI=1S/C10H11N7S/c1-6-5-18-10(11-6)7(2)12-8-3-4-9-13-15-16-17(9)14-8/h3-5,7H,1-2H3,(H,12,14). The van der Waals surface area contributed by atoms with Crippen molar-refractivity contribution in [2.75, 3.05) is 5.32 Å². The lowest BCUT2D eigenvalue weighted by atomic mass is 10.3. The van der Waals surface area contributed by atoms with Gasteiger partial charge in [0.25, 0.3) is 0 Å². The molecule has 0 amide bonds. The molecule has 0 radical (unpaired) electrons. The third-order valence-corrected chi connectivity index (χ3v) is 3.59. The van der Waals surface area contributed by atoms with Gasteiger partial charge in [0.2, 0.25) is 0 Å². The molecule has 18 heavy (non-hydrogen) atoms. The molecule has 3 rings (SSSR count). The summed E-state index contributed by atoms with van der Waals surface area (Å²) in [7, 11) is 0. The SMILES string of the molecule is Cc1csc(C(C)Nc2ccc3nnnn3n2)n1. The van der Waals surface area contributed by atoms with E-state index in [9.17, 15) is 0 Å². The molecule has 3 aromatic heterocycles. The molecule has 3 aromatic rings. The Morgan fingerprint density at radius 1 is 1.39 bits per heavy atom. The van der Waals surface area contributed by atoms with Gasteiger partial charge in [0.15, 0.2) is 5.65 Å². The molecule has 0 aliphatic heterocycles. The van der Waals surface area contributed by atoms with Crippen LogP contribution >= 0.6 is 11.3 Å². The maximum Gasteiger partial charge on any atom is 0.200 e. The van der Waals surface area contributed by atoms with Gasteiger partial charge in [-0.05, 0) is 36.4 Å². The zero-order valence-electron chi connectivity index (χ0n) is 9.90. The highest BCUT2D eigenvalue weighted by atomic mass is 32.1. The number of nitrogens with zero attached hydrogens (tertiary/aromatic N) is 6. The van der Waals surface area contributed by atoms with E-state index < -0.39 is 0 Å². The number of hydrogen-bond donors (Lipinski definition) is 1. The molecule has 1 N–H and O–H groups in total. The highest BCUT2D eigenvalue weighted by molar-refractivity contribution is 7.09. The zero-order valence-corrected chi connectivity index (χ0v) is 10.7. The molecule has 0 bridgehead atoms. The first-order valence-electron chi connectivity index (χ1n) is 5.46. The van der Waals surface area contributed by atoms with E-state index in [4.69, 9.17) is 0 Å². The average Bonchev–Trinajstić information content (AvgIpc) is 2.96. The van der Waals surface area contributed by atoms with Crippen LogP contribution in [0.15, 0.2) is 17.5 Å². The van der Waals surface area contributed by atoms with Gasteiger partial charge in [-0.1, -0.05) is 0 Å². The molecular formula is C10H11N7S. The minimum atomic E-state index is 0.102. The van der Waals surface area contributed by atoms with Crippen LogP contribution in [0.1, 0.15) is 23.7 Å². The Kier molecular flexibility index (Phi) is 2.63. The summed E-state index contributed by atoms with van der Waals surface area (Å²) in [5.74, 6) is 0.718. The van der Waals surface area contributed by atoms with Crippen LogP contribution in [0.25, 0.3) is 5.65 Å². The molecule has 0 aliphatic carbocycles. The fourth-order valence-corrected chi connectivity index (χ4v) is 2.38. The Morgan fingerprint density at radius 2 is 2.28 bits per heavy atom. The predicted molar refractivity (Wildman–Crippen MR) is 67.5 cm³/mol. The van der Waals surface area contributed by atoms with E-state index in [1.54, 1.807) is 11.3 Å². The van der Waals surface area contributed by atoms with Crippen molar-refractivity contribution in [1.82, 2.24) is 30.2 Å². The van der Waals surface area contributed by atoms with Gasteiger partial charge in [-0.25, -0.2) is 4.98 Å². The van der Waals surface area contributed by atoms with Crippen molar-refractivity contribution in [3.8, 4) is 0 Å². The van der Waals surface area contributed by atoms with E-state index in [0.29, 0.717) is 5.65 Å². The molecule has 92 valence electrons. The Balaban J connectivity index is 1.83. The lowest BCUT2D eigenvalue weighted by molar-refractivity contribution is 0.727. The summed E-state index contributed by atoms with van der Waals surface area (Å²) in [5.41, 5.74) is 1.66. The van der Waals surface area contributed by atoms with Gasteiger partial charge in [-0.15, -0.1) is 26.2 Å². The van der Waals surface area contributed by atoms with Gasteiger partial charge in [0.1, 0.15) is 10.8 Å². The Bertz CT molecular complexity index is 673. The molecule has 0 saturated heterocycles. The number of anilines is 1. The zero-order chi connectivity index (χ0) is 12.5. The number of hydrogen-bond acceptors (Lipinski definition) is 7. The van der Waals surface area contributed by atoms with Gasteiger partial charge in [0, 0.05) is 11.1 Å². The number of aromatic nitrogens is 6. The van der Waals surface area contributed by atoms with Crippen LogP contribution in [0.3, 0.4) is 0 Å². The summed E-state index contributed by atoms with van der Waals surface area (Å²) in [5, 5.41) is 21.7. The number of tetrazole rings is 1. The minimum Gasteiger partial charge on any atom is -0.360 e. The first-order chi connectivity index (χ1) is 8.72. The van der Waals surface area contributed by atoms with E-state index in [0.717, 1.165) is 16.5 Å². The van der Waals surface area contributed by atoms with Crippen LogP contribution in [-0.4, -0.2) is 30.2 Å². The lowest BCUT2D eigenvalue weighted by Crippen LogP contribution is -2.09. The molecule has 0 aliphatic rings. The Morgan fingerprint density at radius 3 is 3.06 bits per heavy atom. The van der Waals surface area contributed by atoms with Gasteiger partial charge in [-0.2, -0.15) is 0 Å². The van der Waals surface area contributed by atoms with E-state index in [1.807, 2.05) is 31.4 Å². The molecular weight excluding hydrogens is 250 g/mol. The van der Waals surface area contributed by atoms with Crippen molar-refractivity contribution in [2.24, 2.45) is 0 Å². The highest BCUT2D eigenvalue weighted by Crippen LogP contribution is 2.21. The number of thiazole rings is 1. The minimum absolute atomic E-state index is 0.102. The molecule has 0 aromatic carbocycles. The maximum absolute atomic E-state index is 4.44. The third-order valence-electron chi connectivity index (χ3n) is 2.44. The second-order valence-electron chi connectivity index (χ2n) is 3.94. The second-order valence-corrected chi connectivity index (χ2v) is 4.83. The lowest BCUT2D eigenvalue weighted by Gasteiger charge is -2.11. The molecule has 0 saturated carbocycles. The summed E-state index contributed by atoms with van der Waals surface area (Å²) in [6.45, 7) is 4.03. The largest absolute Gasteiger partial charge is 0.360 e. The third kappa shape index (κ3) is 2.02. The van der Waals surface area contributed by atoms with Crippen molar-refractivity contribution in [3.63, 3.8) is 0 Å². The fraction of sp³-hybridized carbons (Fsp3) is 0.300. The van der Waals surface area contributed by atoms with Crippen LogP contribution in [0.2, 0.25) is 0 Å². The van der Waals surface area contributed by atoms with Crippen LogP contribution in [0, 0.1) is 6.92 Å². The van der Waals surface area contributed by atoms with Gasteiger partial charge >= 0.3 is 0 Å². The first kappa shape index (κ1) is 11.0. The summed E-state index contributed by atoms with van der Waals surface area (Å²) in [6.07, 6.45) is 0. The Labute approximate surface area is 107 Å². The molecule has 1 unspecified atom stereocenters. The number of aryl methyl sites for hydroxylation is 1. The van der Waals surface area contributed by atoms with Crippen molar-refractivity contribution in [3.05, 3.63) is 28.2 Å². The van der Waals surface area contributed by atoms with E-state index >= 15 is 0 Å². The molecule has 0 fully saturated rings. The summed E-state index contributed by atoms with van der Waals surface area (Å²) in [4.78, 5) is 4.44. The quantitative estimate of drug-likeness (QED) is 0.768. The molecule has 1 atom stereocenters. The average molecular weight is 261 g/mol. The second kappa shape index (κ2) is 4.30.